The van der Waals surface area contributed by atoms with Gasteiger partial charge in [0.05, 0.1) is 11.8 Å². The number of carbonyl (C=O) groups is 1. The molecule has 1 N–H and O–H groups in total. The Morgan fingerprint density at radius 2 is 2.33 bits per heavy atom. The molecular formula is C14H18N4O3. The zero-order valence-electron chi connectivity index (χ0n) is 12.1. The van der Waals surface area contributed by atoms with Gasteiger partial charge in [0.2, 0.25) is 0 Å². The minimum atomic E-state index is -0.549. The highest BCUT2D eigenvalue weighted by molar-refractivity contribution is 5.92. The number of likely N-dealkylation sites (tertiary alicyclic amines) is 1. The fourth-order valence-electron chi connectivity index (χ4n) is 2.74. The van der Waals surface area contributed by atoms with Crippen molar-refractivity contribution >= 4 is 5.91 Å². The van der Waals surface area contributed by atoms with E-state index in [2.05, 4.69) is 10.3 Å². The number of hydrogen-bond donors (Lipinski definition) is 1. The highest BCUT2D eigenvalue weighted by Gasteiger charge is 2.35. The lowest BCUT2D eigenvalue weighted by molar-refractivity contribution is 0.0754. The van der Waals surface area contributed by atoms with Gasteiger partial charge in [0.15, 0.2) is 0 Å². The first-order chi connectivity index (χ1) is 10.0. The number of aliphatic hydroxyl groups is 1. The Morgan fingerprint density at radius 1 is 1.52 bits per heavy atom. The number of amides is 1. The van der Waals surface area contributed by atoms with E-state index >= 15 is 0 Å². The lowest BCUT2D eigenvalue weighted by atomic mass is 10.0. The SMILES string of the molecule is Cc1cc(C[C@@H]2CN(C(=O)c3ccnn3C)C[C@H]2O)on1. The molecule has 0 bridgehead atoms. The first-order valence-corrected chi connectivity index (χ1v) is 6.92. The van der Waals surface area contributed by atoms with Crippen LogP contribution >= 0.6 is 0 Å². The van der Waals surface area contributed by atoms with Crippen LogP contribution in [0.5, 0.6) is 0 Å². The second-order valence-corrected chi connectivity index (χ2v) is 5.52. The summed E-state index contributed by atoms with van der Waals surface area (Å²) >= 11 is 0. The summed E-state index contributed by atoms with van der Waals surface area (Å²) in [6.07, 6.45) is 1.62. The zero-order valence-corrected chi connectivity index (χ0v) is 12.1. The van der Waals surface area contributed by atoms with Gasteiger partial charge in [-0.2, -0.15) is 5.10 Å². The third kappa shape index (κ3) is 2.69. The molecule has 21 heavy (non-hydrogen) atoms. The molecule has 1 aliphatic heterocycles. The minimum Gasteiger partial charge on any atom is -0.391 e. The van der Waals surface area contributed by atoms with Gasteiger partial charge >= 0.3 is 0 Å². The van der Waals surface area contributed by atoms with Gasteiger partial charge < -0.3 is 14.5 Å². The van der Waals surface area contributed by atoms with Crippen molar-refractivity contribution in [2.24, 2.45) is 13.0 Å². The van der Waals surface area contributed by atoms with E-state index in [1.165, 1.54) is 0 Å². The van der Waals surface area contributed by atoms with E-state index in [-0.39, 0.29) is 11.8 Å². The first-order valence-electron chi connectivity index (χ1n) is 6.92. The number of β-amino-alcohol motifs (C(OH)–C–C–N with tert-alkyl or cyclic N) is 1. The van der Waals surface area contributed by atoms with Crippen molar-refractivity contribution in [1.82, 2.24) is 19.8 Å². The molecule has 0 spiro atoms. The third-order valence-corrected chi connectivity index (χ3v) is 3.87. The molecule has 2 aromatic heterocycles. The molecule has 1 aliphatic rings. The summed E-state index contributed by atoms with van der Waals surface area (Å²) in [7, 11) is 1.73. The van der Waals surface area contributed by atoms with Crippen molar-refractivity contribution in [2.45, 2.75) is 19.4 Å². The van der Waals surface area contributed by atoms with Crippen molar-refractivity contribution in [3.05, 3.63) is 35.5 Å². The van der Waals surface area contributed by atoms with E-state index in [9.17, 15) is 9.90 Å². The molecule has 112 valence electrons. The maximum Gasteiger partial charge on any atom is 0.272 e. The van der Waals surface area contributed by atoms with Gasteiger partial charge in [-0.05, 0) is 13.0 Å². The standard InChI is InChI=1S/C14H18N4O3/c1-9-5-11(21-16-9)6-10-7-18(8-13(10)19)14(20)12-3-4-15-17(12)2/h3-5,10,13,19H,6-8H2,1-2H3/t10-,13-/m1/s1. The zero-order chi connectivity index (χ0) is 15.0. The monoisotopic (exact) mass is 290 g/mol. The largest absolute Gasteiger partial charge is 0.391 e. The van der Waals surface area contributed by atoms with E-state index in [1.54, 1.807) is 28.9 Å². The molecule has 2 aromatic rings. The molecule has 0 aliphatic carbocycles. The Hall–Kier alpha value is -2.15. The van der Waals surface area contributed by atoms with E-state index in [1.807, 2.05) is 13.0 Å². The number of aryl methyl sites for hydroxylation is 2. The fraction of sp³-hybridized carbons (Fsp3) is 0.500. The van der Waals surface area contributed by atoms with Gasteiger partial charge in [-0.15, -0.1) is 0 Å². The highest BCUT2D eigenvalue weighted by atomic mass is 16.5. The quantitative estimate of drug-likeness (QED) is 0.884. The molecule has 0 unspecified atom stereocenters. The van der Waals surface area contributed by atoms with Crippen LogP contribution in [-0.4, -0.2) is 50.0 Å². The van der Waals surface area contributed by atoms with Gasteiger partial charge in [-0.3, -0.25) is 9.48 Å². The van der Waals surface area contributed by atoms with E-state index < -0.39 is 6.10 Å². The van der Waals surface area contributed by atoms with Crippen LogP contribution in [0.2, 0.25) is 0 Å². The first kappa shape index (κ1) is 13.8. The third-order valence-electron chi connectivity index (χ3n) is 3.87. The lowest BCUT2D eigenvalue weighted by Gasteiger charge is -2.15. The molecule has 7 heteroatoms. The van der Waals surface area contributed by atoms with Crippen LogP contribution < -0.4 is 0 Å². The van der Waals surface area contributed by atoms with E-state index in [0.717, 1.165) is 11.5 Å². The topological polar surface area (TPSA) is 84.4 Å². The average molecular weight is 290 g/mol. The number of aromatic nitrogens is 3. The fourth-order valence-corrected chi connectivity index (χ4v) is 2.74. The van der Waals surface area contributed by atoms with Gasteiger partial charge in [-0.1, -0.05) is 5.16 Å². The molecule has 3 heterocycles. The van der Waals surface area contributed by atoms with E-state index in [0.29, 0.717) is 25.2 Å². The van der Waals surface area contributed by atoms with E-state index in [4.69, 9.17) is 4.52 Å². The van der Waals surface area contributed by atoms with Crippen molar-refractivity contribution in [2.75, 3.05) is 13.1 Å². The average Bonchev–Trinajstić information content (AvgIpc) is 3.12. The van der Waals surface area contributed by atoms with Crippen LogP contribution in [-0.2, 0) is 13.5 Å². The van der Waals surface area contributed by atoms with Crippen LogP contribution in [0.15, 0.2) is 22.9 Å². The summed E-state index contributed by atoms with van der Waals surface area (Å²) < 4.78 is 6.73. The van der Waals surface area contributed by atoms with Crippen molar-refractivity contribution in [3.63, 3.8) is 0 Å². The van der Waals surface area contributed by atoms with Crippen LogP contribution in [0.4, 0.5) is 0 Å². The molecule has 0 radical (unpaired) electrons. The van der Waals surface area contributed by atoms with Crippen LogP contribution in [0.3, 0.4) is 0 Å². The maximum atomic E-state index is 12.4. The summed E-state index contributed by atoms with van der Waals surface area (Å²) in [5.41, 5.74) is 1.35. The summed E-state index contributed by atoms with van der Waals surface area (Å²) in [6.45, 7) is 2.70. The second kappa shape index (κ2) is 5.33. The molecule has 1 amide bonds. The molecule has 0 saturated carbocycles. The van der Waals surface area contributed by atoms with Gasteiger partial charge in [0, 0.05) is 44.7 Å². The Balaban J connectivity index is 1.68. The van der Waals surface area contributed by atoms with Crippen molar-refractivity contribution < 1.29 is 14.4 Å². The number of nitrogens with zero attached hydrogens (tertiary/aromatic N) is 4. The predicted molar refractivity (Wildman–Crippen MR) is 73.6 cm³/mol. The number of carbonyl (C=O) groups excluding carboxylic acids is 1. The molecule has 1 fully saturated rings. The van der Waals surface area contributed by atoms with Gasteiger partial charge in [0.1, 0.15) is 11.5 Å². The summed E-state index contributed by atoms with van der Waals surface area (Å²) in [4.78, 5) is 14.1. The lowest BCUT2D eigenvalue weighted by Crippen LogP contribution is -2.31. The Morgan fingerprint density at radius 3 is 2.95 bits per heavy atom. The van der Waals surface area contributed by atoms with Crippen LogP contribution in [0.25, 0.3) is 0 Å². The van der Waals surface area contributed by atoms with Crippen LogP contribution in [0.1, 0.15) is 21.9 Å². The minimum absolute atomic E-state index is 0.0328. The number of hydrogen-bond acceptors (Lipinski definition) is 5. The molecule has 0 aromatic carbocycles. The van der Waals surface area contributed by atoms with Gasteiger partial charge in [-0.25, -0.2) is 0 Å². The maximum absolute atomic E-state index is 12.4. The molecule has 7 nitrogen and oxygen atoms in total. The molecular weight excluding hydrogens is 272 g/mol. The highest BCUT2D eigenvalue weighted by Crippen LogP contribution is 2.23. The molecule has 1 saturated heterocycles. The predicted octanol–water partition coefficient (Wildman–Crippen LogP) is 0.392. The van der Waals surface area contributed by atoms with Crippen molar-refractivity contribution in [1.29, 1.82) is 0 Å². The number of rotatable bonds is 3. The Bertz CT molecular complexity index is 648. The molecule has 2 atom stereocenters. The van der Waals surface area contributed by atoms with Crippen LogP contribution in [0, 0.1) is 12.8 Å². The Kier molecular flexibility index (Phi) is 3.50. The summed E-state index contributed by atoms with van der Waals surface area (Å²) in [5, 5.41) is 18.0. The second-order valence-electron chi connectivity index (χ2n) is 5.52. The normalized spacial score (nSPS) is 22.0. The molecule has 3 rings (SSSR count). The van der Waals surface area contributed by atoms with Crippen molar-refractivity contribution in [3.8, 4) is 0 Å². The Labute approximate surface area is 122 Å². The van der Waals surface area contributed by atoms with Gasteiger partial charge in [0.25, 0.3) is 5.91 Å². The smallest absolute Gasteiger partial charge is 0.272 e. The summed E-state index contributed by atoms with van der Waals surface area (Å²) in [6, 6.07) is 3.54. The summed E-state index contributed by atoms with van der Waals surface area (Å²) in [5.74, 6) is 0.603. The number of aliphatic hydroxyl groups excluding tert-OH is 1.